The first-order chi connectivity index (χ1) is 9.97. The van der Waals surface area contributed by atoms with Crippen LogP contribution in [0.3, 0.4) is 0 Å². The highest BCUT2D eigenvalue weighted by Gasteiger charge is 2.20. The molecule has 0 aliphatic carbocycles. The molecule has 0 spiro atoms. The van der Waals surface area contributed by atoms with E-state index in [1.807, 2.05) is 6.07 Å². The number of hydrogen-bond donors (Lipinski definition) is 1. The third-order valence-corrected chi connectivity index (χ3v) is 4.62. The summed E-state index contributed by atoms with van der Waals surface area (Å²) in [5.74, 6) is 0.964. The molecule has 0 saturated heterocycles. The molecule has 0 aliphatic heterocycles. The molecule has 2 aromatic rings. The molecular formula is C18H25NOS. The van der Waals surface area contributed by atoms with Crippen LogP contribution in [0.4, 0.5) is 0 Å². The van der Waals surface area contributed by atoms with Crippen molar-refractivity contribution in [2.45, 2.75) is 39.2 Å². The molecule has 1 atom stereocenters. The zero-order valence-electron chi connectivity index (χ0n) is 13.6. The monoisotopic (exact) mass is 303 g/mol. The summed E-state index contributed by atoms with van der Waals surface area (Å²) in [5.41, 5.74) is 2.83. The highest BCUT2D eigenvalue weighted by molar-refractivity contribution is 7.10. The van der Waals surface area contributed by atoms with Crippen molar-refractivity contribution in [1.82, 2.24) is 5.32 Å². The Labute approximate surface area is 132 Å². The average Bonchev–Trinajstić information content (AvgIpc) is 2.92. The van der Waals surface area contributed by atoms with Crippen LogP contribution in [-0.2, 0) is 5.41 Å². The lowest BCUT2D eigenvalue weighted by molar-refractivity contribution is 0.408. The van der Waals surface area contributed by atoms with Gasteiger partial charge in [0, 0.05) is 0 Å². The van der Waals surface area contributed by atoms with Crippen molar-refractivity contribution in [2.24, 2.45) is 0 Å². The quantitative estimate of drug-likeness (QED) is 0.860. The second kappa shape index (κ2) is 6.63. The lowest BCUT2D eigenvalue weighted by Crippen LogP contribution is -2.22. The highest BCUT2D eigenvalue weighted by Crippen LogP contribution is 2.35. The molecule has 0 bridgehead atoms. The molecule has 0 saturated carbocycles. The average molecular weight is 303 g/mol. The maximum absolute atomic E-state index is 5.48. The minimum Gasteiger partial charge on any atom is -0.496 e. The van der Waals surface area contributed by atoms with Crippen LogP contribution in [0.2, 0.25) is 0 Å². The first-order valence-corrected chi connectivity index (χ1v) is 8.30. The summed E-state index contributed by atoms with van der Waals surface area (Å²) in [5, 5.41) is 5.65. The van der Waals surface area contributed by atoms with Crippen molar-refractivity contribution in [3.63, 3.8) is 0 Å². The Hall–Kier alpha value is -1.32. The lowest BCUT2D eigenvalue weighted by atomic mass is 9.86. The van der Waals surface area contributed by atoms with Crippen LogP contribution in [0.5, 0.6) is 5.75 Å². The molecule has 1 heterocycles. The van der Waals surface area contributed by atoms with E-state index in [2.05, 4.69) is 62.7 Å². The minimum atomic E-state index is 0.187. The molecular weight excluding hydrogens is 278 g/mol. The molecule has 21 heavy (non-hydrogen) atoms. The van der Waals surface area contributed by atoms with Gasteiger partial charge in [-0.1, -0.05) is 52.0 Å². The predicted octanol–water partition coefficient (Wildman–Crippen LogP) is 4.75. The molecule has 3 heteroatoms. The molecule has 2 rings (SSSR count). The fraction of sp³-hybridized carbons (Fsp3) is 0.444. The predicted molar refractivity (Wildman–Crippen MR) is 91.5 cm³/mol. The lowest BCUT2D eigenvalue weighted by Gasteiger charge is -2.22. The minimum absolute atomic E-state index is 0.187. The maximum atomic E-state index is 5.48. The summed E-state index contributed by atoms with van der Waals surface area (Å²) in [4.78, 5) is 1.24. The van der Waals surface area contributed by atoms with Crippen molar-refractivity contribution in [1.29, 1.82) is 0 Å². The molecule has 1 aromatic heterocycles. The van der Waals surface area contributed by atoms with Crippen molar-refractivity contribution in [2.75, 3.05) is 13.7 Å². The van der Waals surface area contributed by atoms with Gasteiger partial charge in [-0.05, 0) is 34.5 Å². The van der Waals surface area contributed by atoms with Gasteiger partial charge in [0.25, 0.3) is 0 Å². The van der Waals surface area contributed by atoms with Gasteiger partial charge in [-0.15, -0.1) is 11.3 Å². The van der Waals surface area contributed by atoms with Crippen LogP contribution in [-0.4, -0.2) is 13.7 Å². The Morgan fingerprint density at radius 1 is 1.14 bits per heavy atom. The number of benzene rings is 1. The Kier molecular flexibility index (Phi) is 5.07. The van der Waals surface area contributed by atoms with Gasteiger partial charge in [-0.3, -0.25) is 0 Å². The van der Waals surface area contributed by atoms with Gasteiger partial charge in [-0.25, -0.2) is 0 Å². The van der Waals surface area contributed by atoms with Gasteiger partial charge in [0.15, 0.2) is 0 Å². The third-order valence-electron chi connectivity index (χ3n) is 3.66. The van der Waals surface area contributed by atoms with E-state index < -0.39 is 0 Å². The SMILES string of the molecule is CCNC(c1ccc(C(C)(C)C)cc1)c1sccc1OC. The van der Waals surface area contributed by atoms with E-state index in [9.17, 15) is 0 Å². The van der Waals surface area contributed by atoms with Crippen LogP contribution in [0.1, 0.15) is 49.7 Å². The Balaban J connectivity index is 2.35. The van der Waals surface area contributed by atoms with Crippen molar-refractivity contribution in [3.05, 3.63) is 51.7 Å². The summed E-state index contributed by atoms with van der Waals surface area (Å²) in [6, 6.07) is 11.2. The number of nitrogens with one attached hydrogen (secondary N) is 1. The summed E-state index contributed by atoms with van der Waals surface area (Å²) in [6.07, 6.45) is 0. The van der Waals surface area contributed by atoms with E-state index in [1.54, 1.807) is 18.4 Å². The molecule has 1 aromatic carbocycles. The van der Waals surface area contributed by atoms with Crippen LogP contribution in [0, 0.1) is 0 Å². The number of hydrogen-bond acceptors (Lipinski definition) is 3. The van der Waals surface area contributed by atoms with Crippen molar-refractivity contribution in [3.8, 4) is 5.75 Å². The van der Waals surface area contributed by atoms with Crippen LogP contribution in [0.15, 0.2) is 35.7 Å². The molecule has 1 N–H and O–H groups in total. The largest absolute Gasteiger partial charge is 0.496 e. The first kappa shape index (κ1) is 16.1. The molecule has 2 nitrogen and oxygen atoms in total. The summed E-state index contributed by atoms with van der Waals surface area (Å²) < 4.78 is 5.48. The first-order valence-electron chi connectivity index (χ1n) is 7.42. The Bertz CT molecular complexity index is 566. The second-order valence-electron chi connectivity index (χ2n) is 6.22. The van der Waals surface area contributed by atoms with E-state index in [-0.39, 0.29) is 11.5 Å². The normalized spacial score (nSPS) is 13.2. The smallest absolute Gasteiger partial charge is 0.134 e. The van der Waals surface area contributed by atoms with E-state index in [1.165, 1.54) is 16.0 Å². The van der Waals surface area contributed by atoms with Crippen LogP contribution in [0.25, 0.3) is 0 Å². The standard InChI is InChI=1S/C18H25NOS/c1-6-19-16(17-15(20-5)11-12-21-17)13-7-9-14(10-8-13)18(2,3)4/h7-12,16,19H,6H2,1-5H3. The molecule has 0 amide bonds. The molecule has 0 aliphatic rings. The summed E-state index contributed by atoms with van der Waals surface area (Å²) >= 11 is 1.74. The summed E-state index contributed by atoms with van der Waals surface area (Å²) in [6.45, 7) is 9.79. The van der Waals surface area contributed by atoms with E-state index in [0.29, 0.717) is 0 Å². The van der Waals surface area contributed by atoms with Crippen molar-refractivity contribution >= 4 is 11.3 Å². The van der Waals surface area contributed by atoms with Crippen molar-refractivity contribution < 1.29 is 4.74 Å². The fourth-order valence-electron chi connectivity index (χ4n) is 2.43. The molecule has 0 fully saturated rings. The fourth-order valence-corrected chi connectivity index (χ4v) is 3.39. The van der Waals surface area contributed by atoms with Gasteiger partial charge >= 0.3 is 0 Å². The molecule has 114 valence electrons. The van der Waals surface area contributed by atoms with Crippen LogP contribution < -0.4 is 10.1 Å². The van der Waals surface area contributed by atoms with E-state index >= 15 is 0 Å². The van der Waals surface area contributed by atoms with Gasteiger partial charge in [-0.2, -0.15) is 0 Å². The Morgan fingerprint density at radius 3 is 2.33 bits per heavy atom. The Morgan fingerprint density at radius 2 is 1.81 bits per heavy atom. The number of rotatable bonds is 5. The van der Waals surface area contributed by atoms with Gasteiger partial charge < -0.3 is 10.1 Å². The second-order valence-corrected chi connectivity index (χ2v) is 7.16. The number of ether oxygens (including phenoxy) is 1. The van der Waals surface area contributed by atoms with Gasteiger partial charge in [0.1, 0.15) is 5.75 Å². The van der Waals surface area contributed by atoms with Crippen LogP contribution >= 0.6 is 11.3 Å². The van der Waals surface area contributed by atoms with Gasteiger partial charge in [0.2, 0.25) is 0 Å². The zero-order valence-corrected chi connectivity index (χ0v) is 14.4. The van der Waals surface area contributed by atoms with Gasteiger partial charge in [0.05, 0.1) is 18.0 Å². The maximum Gasteiger partial charge on any atom is 0.134 e. The summed E-state index contributed by atoms with van der Waals surface area (Å²) in [7, 11) is 1.73. The zero-order chi connectivity index (χ0) is 15.5. The van der Waals surface area contributed by atoms with E-state index in [0.717, 1.165) is 12.3 Å². The third kappa shape index (κ3) is 3.66. The highest BCUT2D eigenvalue weighted by atomic mass is 32.1. The molecule has 0 radical (unpaired) electrons. The topological polar surface area (TPSA) is 21.3 Å². The number of methoxy groups -OCH3 is 1. The number of thiophene rings is 1. The molecule has 1 unspecified atom stereocenters. The van der Waals surface area contributed by atoms with E-state index in [4.69, 9.17) is 4.74 Å².